The molecule has 0 spiro atoms. The number of aliphatic carboxylic acids is 1. The molecule has 7 heteroatoms. The molecule has 0 aromatic heterocycles. The van der Waals surface area contributed by atoms with Crippen LogP contribution in [0, 0.1) is 0 Å². The third-order valence-corrected chi connectivity index (χ3v) is 3.83. The molecule has 2 N–H and O–H groups in total. The van der Waals surface area contributed by atoms with Crippen molar-refractivity contribution in [1.82, 2.24) is 10.2 Å². The van der Waals surface area contributed by atoms with Gasteiger partial charge in [0.15, 0.2) is 0 Å². The molecule has 1 rings (SSSR count). The van der Waals surface area contributed by atoms with Crippen LogP contribution in [0.2, 0.25) is 0 Å². The highest BCUT2D eigenvalue weighted by atomic mass is 32.2. The van der Waals surface area contributed by atoms with E-state index >= 15 is 0 Å². The Balaban J connectivity index is 2.38. The van der Waals surface area contributed by atoms with Gasteiger partial charge in [0.25, 0.3) is 0 Å². The smallest absolute Gasteiger partial charge is 0.317 e. The normalized spacial score (nSPS) is 17.6. The monoisotopic (exact) mass is 290 g/mol. The Morgan fingerprint density at radius 3 is 2.58 bits per heavy atom. The Kier molecular flexibility index (Phi) is 6.27. The van der Waals surface area contributed by atoms with E-state index < -0.39 is 16.8 Å². The minimum Gasteiger partial charge on any atom is -0.481 e. The lowest BCUT2D eigenvalue weighted by molar-refractivity contribution is -0.137. The molecule has 0 aromatic rings. The Morgan fingerprint density at radius 1 is 1.47 bits per heavy atom. The van der Waals surface area contributed by atoms with Gasteiger partial charge in [-0.2, -0.15) is 0 Å². The van der Waals surface area contributed by atoms with Gasteiger partial charge in [0.1, 0.15) is 0 Å². The number of nitrogens with one attached hydrogen (secondary N) is 1. The number of amides is 2. The van der Waals surface area contributed by atoms with Gasteiger partial charge in [-0.1, -0.05) is 0 Å². The number of carboxylic acids is 1. The standard InChI is InChI=1S/C12H22N2O4S/c1-9(6-8-19(2)18)13-12(17)14(10-3-4-10)7-5-11(15)16/h9-10H,3-8H2,1-2H3,(H,13,17)(H,15,16). The van der Waals surface area contributed by atoms with E-state index in [1.807, 2.05) is 6.92 Å². The van der Waals surface area contributed by atoms with Crippen LogP contribution in [0.5, 0.6) is 0 Å². The third-order valence-electron chi connectivity index (χ3n) is 3.02. The maximum Gasteiger partial charge on any atom is 0.317 e. The average Bonchev–Trinajstić information content (AvgIpc) is 3.10. The van der Waals surface area contributed by atoms with Crippen molar-refractivity contribution in [2.45, 2.75) is 44.7 Å². The second-order valence-electron chi connectivity index (χ2n) is 4.98. The molecular weight excluding hydrogens is 268 g/mol. The van der Waals surface area contributed by atoms with E-state index in [-0.39, 0.29) is 31.1 Å². The summed E-state index contributed by atoms with van der Waals surface area (Å²) in [6, 6.07) is -0.0764. The fourth-order valence-electron chi connectivity index (χ4n) is 1.76. The van der Waals surface area contributed by atoms with Crippen molar-refractivity contribution in [1.29, 1.82) is 0 Å². The van der Waals surface area contributed by atoms with Gasteiger partial charge in [-0.3, -0.25) is 9.00 Å². The van der Waals surface area contributed by atoms with E-state index in [2.05, 4.69) is 5.32 Å². The molecule has 1 aliphatic carbocycles. The quantitative estimate of drug-likeness (QED) is 0.692. The highest BCUT2D eigenvalue weighted by molar-refractivity contribution is 7.84. The number of carboxylic acid groups (broad SMARTS) is 1. The Labute approximate surface area is 116 Å². The van der Waals surface area contributed by atoms with E-state index in [1.54, 1.807) is 11.2 Å². The maximum absolute atomic E-state index is 12.0. The lowest BCUT2D eigenvalue weighted by Crippen LogP contribution is -2.46. The highest BCUT2D eigenvalue weighted by Crippen LogP contribution is 2.27. The van der Waals surface area contributed by atoms with Crippen LogP contribution in [-0.4, -0.2) is 56.9 Å². The van der Waals surface area contributed by atoms with Crippen LogP contribution >= 0.6 is 0 Å². The Bertz CT molecular complexity index is 358. The number of carbonyl (C=O) groups is 2. The predicted molar refractivity (Wildman–Crippen MR) is 73.5 cm³/mol. The molecule has 0 heterocycles. The van der Waals surface area contributed by atoms with Gasteiger partial charge in [0, 0.05) is 41.4 Å². The minimum atomic E-state index is -0.895. The minimum absolute atomic E-state index is 0.0305. The number of rotatable bonds is 8. The molecule has 2 atom stereocenters. The largest absolute Gasteiger partial charge is 0.481 e. The van der Waals surface area contributed by atoms with E-state index in [9.17, 15) is 13.8 Å². The molecule has 110 valence electrons. The van der Waals surface area contributed by atoms with Crippen molar-refractivity contribution in [3.8, 4) is 0 Å². The molecule has 1 saturated carbocycles. The number of urea groups is 1. The Hall–Kier alpha value is -1.11. The second-order valence-corrected chi connectivity index (χ2v) is 6.54. The molecule has 1 fully saturated rings. The number of hydrogen-bond donors (Lipinski definition) is 2. The molecule has 0 aliphatic heterocycles. The van der Waals surface area contributed by atoms with Crippen molar-refractivity contribution < 1.29 is 18.9 Å². The summed E-state index contributed by atoms with van der Waals surface area (Å²) >= 11 is 0. The first-order valence-corrected chi connectivity index (χ1v) is 8.21. The van der Waals surface area contributed by atoms with Gasteiger partial charge in [-0.05, 0) is 26.2 Å². The predicted octanol–water partition coefficient (Wildman–Crippen LogP) is 0.792. The van der Waals surface area contributed by atoms with Crippen molar-refractivity contribution in [3.05, 3.63) is 0 Å². The van der Waals surface area contributed by atoms with Gasteiger partial charge in [0.2, 0.25) is 0 Å². The lowest BCUT2D eigenvalue weighted by atomic mass is 10.2. The molecule has 0 bridgehead atoms. The van der Waals surface area contributed by atoms with Crippen LogP contribution in [-0.2, 0) is 15.6 Å². The first-order valence-electron chi connectivity index (χ1n) is 6.49. The highest BCUT2D eigenvalue weighted by Gasteiger charge is 2.33. The second kappa shape index (κ2) is 7.47. The van der Waals surface area contributed by atoms with E-state index in [1.165, 1.54) is 0 Å². The molecule has 0 aromatic carbocycles. The van der Waals surface area contributed by atoms with Crippen LogP contribution < -0.4 is 5.32 Å². The van der Waals surface area contributed by atoms with Gasteiger partial charge < -0.3 is 15.3 Å². The average molecular weight is 290 g/mol. The first kappa shape index (κ1) is 15.9. The van der Waals surface area contributed by atoms with E-state index in [0.29, 0.717) is 12.2 Å². The van der Waals surface area contributed by atoms with Crippen LogP contribution in [0.3, 0.4) is 0 Å². The number of hydrogen-bond acceptors (Lipinski definition) is 3. The van der Waals surface area contributed by atoms with Crippen LogP contribution in [0.1, 0.15) is 32.6 Å². The van der Waals surface area contributed by atoms with Crippen molar-refractivity contribution >= 4 is 22.8 Å². The zero-order valence-electron chi connectivity index (χ0n) is 11.4. The van der Waals surface area contributed by atoms with Gasteiger partial charge >= 0.3 is 12.0 Å². The summed E-state index contributed by atoms with van der Waals surface area (Å²) in [4.78, 5) is 24.2. The van der Waals surface area contributed by atoms with Crippen molar-refractivity contribution in [3.63, 3.8) is 0 Å². The summed E-state index contributed by atoms with van der Waals surface area (Å²) in [7, 11) is -0.860. The molecule has 0 radical (unpaired) electrons. The zero-order chi connectivity index (χ0) is 14.4. The van der Waals surface area contributed by atoms with Crippen LogP contribution in [0.4, 0.5) is 4.79 Å². The van der Waals surface area contributed by atoms with Crippen LogP contribution in [0.15, 0.2) is 0 Å². The first-order chi connectivity index (χ1) is 8.90. The molecule has 6 nitrogen and oxygen atoms in total. The fourth-order valence-corrected chi connectivity index (χ4v) is 2.45. The summed E-state index contributed by atoms with van der Waals surface area (Å²) in [5, 5.41) is 11.5. The number of carbonyl (C=O) groups excluding carboxylic acids is 1. The molecule has 2 unspecified atom stereocenters. The lowest BCUT2D eigenvalue weighted by Gasteiger charge is -2.24. The topological polar surface area (TPSA) is 86.7 Å². The molecule has 0 saturated heterocycles. The zero-order valence-corrected chi connectivity index (χ0v) is 12.2. The third kappa shape index (κ3) is 6.56. The molecule has 19 heavy (non-hydrogen) atoms. The maximum atomic E-state index is 12.0. The fraction of sp³-hybridized carbons (Fsp3) is 0.833. The van der Waals surface area contributed by atoms with Gasteiger partial charge in [-0.25, -0.2) is 4.79 Å². The van der Waals surface area contributed by atoms with Crippen molar-refractivity contribution in [2.24, 2.45) is 0 Å². The molecule has 2 amide bonds. The van der Waals surface area contributed by atoms with E-state index in [0.717, 1.165) is 12.8 Å². The summed E-state index contributed by atoms with van der Waals surface area (Å²) in [5.74, 6) is -0.340. The summed E-state index contributed by atoms with van der Waals surface area (Å²) in [5.41, 5.74) is 0. The SMILES string of the molecule is CC(CCS(C)=O)NC(=O)N(CCC(=O)O)C1CC1. The van der Waals surface area contributed by atoms with E-state index in [4.69, 9.17) is 5.11 Å². The molecular formula is C12H22N2O4S. The van der Waals surface area contributed by atoms with Gasteiger partial charge in [-0.15, -0.1) is 0 Å². The summed E-state index contributed by atoms with van der Waals surface area (Å²) in [6.45, 7) is 2.12. The van der Waals surface area contributed by atoms with Crippen molar-refractivity contribution in [2.75, 3.05) is 18.6 Å². The van der Waals surface area contributed by atoms with Crippen LogP contribution in [0.25, 0.3) is 0 Å². The number of nitrogens with zero attached hydrogens (tertiary/aromatic N) is 1. The summed E-state index contributed by atoms with van der Waals surface area (Å²) < 4.78 is 11.0. The Morgan fingerprint density at radius 2 is 2.11 bits per heavy atom. The van der Waals surface area contributed by atoms with Gasteiger partial charge in [0.05, 0.1) is 6.42 Å². The summed E-state index contributed by atoms with van der Waals surface area (Å²) in [6.07, 6.45) is 4.16. The molecule has 1 aliphatic rings.